The predicted octanol–water partition coefficient (Wildman–Crippen LogP) is 1.92. The molecule has 6 nitrogen and oxygen atoms in total. The molecule has 0 atom stereocenters. The van der Waals surface area contributed by atoms with Crippen LogP contribution >= 0.6 is 0 Å². The lowest BCUT2D eigenvalue weighted by Crippen LogP contribution is -2.49. The molecular formula is C19H19N5O. The van der Waals surface area contributed by atoms with Crippen LogP contribution in [0.1, 0.15) is 5.56 Å². The van der Waals surface area contributed by atoms with Crippen molar-refractivity contribution in [2.24, 2.45) is 0 Å². The lowest BCUT2D eigenvalue weighted by atomic mass is 10.1. The van der Waals surface area contributed by atoms with Gasteiger partial charge in [-0.2, -0.15) is 0 Å². The number of amides is 1. The molecule has 1 fully saturated rings. The van der Waals surface area contributed by atoms with Gasteiger partial charge in [0, 0.05) is 44.0 Å². The van der Waals surface area contributed by atoms with E-state index in [-0.39, 0.29) is 5.91 Å². The maximum absolute atomic E-state index is 12.5. The molecule has 1 amide bonds. The van der Waals surface area contributed by atoms with Gasteiger partial charge in [0.05, 0.1) is 11.9 Å². The Bertz CT molecular complexity index is 870. The van der Waals surface area contributed by atoms with Crippen molar-refractivity contribution >= 4 is 22.6 Å². The number of pyridine rings is 1. The van der Waals surface area contributed by atoms with Crippen LogP contribution in [0.4, 0.5) is 5.82 Å². The number of carbonyl (C=O) groups excluding carboxylic acids is 1. The fourth-order valence-corrected chi connectivity index (χ4v) is 3.20. The summed E-state index contributed by atoms with van der Waals surface area (Å²) in [7, 11) is 0. The Morgan fingerprint density at radius 1 is 1.00 bits per heavy atom. The van der Waals surface area contributed by atoms with Crippen molar-refractivity contribution in [3.05, 3.63) is 60.7 Å². The van der Waals surface area contributed by atoms with Gasteiger partial charge < -0.3 is 9.80 Å². The quantitative estimate of drug-likeness (QED) is 0.733. The van der Waals surface area contributed by atoms with E-state index in [1.807, 2.05) is 41.3 Å². The number of aromatic nitrogens is 3. The number of anilines is 1. The molecule has 1 saturated heterocycles. The van der Waals surface area contributed by atoms with Crippen LogP contribution in [-0.4, -0.2) is 51.9 Å². The maximum Gasteiger partial charge on any atom is 0.227 e. The van der Waals surface area contributed by atoms with Gasteiger partial charge in [0.2, 0.25) is 5.91 Å². The number of fused-ring (bicyclic) bond motifs is 1. The molecule has 0 spiro atoms. The van der Waals surface area contributed by atoms with Gasteiger partial charge in [-0.15, -0.1) is 0 Å². The molecule has 3 heterocycles. The average molecular weight is 333 g/mol. The van der Waals surface area contributed by atoms with E-state index in [2.05, 4.69) is 19.9 Å². The Kier molecular flexibility index (Phi) is 4.24. The van der Waals surface area contributed by atoms with Gasteiger partial charge in [-0.1, -0.05) is 18.2 Å². The minimum atomic E-state index is 0.153. The average Bonchev–Trinajstić information content (AvgIpc) is 2.68. The van der Waals surface area contributed by atoms with Gasteiger partial charge in [-0.05, 0) is 23.8 Å². The zero-order valence-electron chi connectivity index (χ0n) is 13.9. The Labute approximate surface area is 146 Å². The normalized spacial score (nSPS) is 14.7. The monoisotopic (exact) mass is 333 g/mol. The number of rotatable bonds is 3. The summed E-state index contributed by atoms with van der Waals surface area (Å²) < 4.78 is 0. The Balaban J connectivity index is 1.43. The van der Waals surface area contributed by atoms with E-state index < -0.39 is 0 Å². The second-order valence-electron chi connectivity index (χ2n) is 6.12. The SMILES string of the molecule is O=C(Cc1cccnc1)N1CCN(c2ncnc3ccccc23)CC1. The standard InChI is InChI=1S/C19H19N5O/c25-18(12-15-4-3-7-20-13-15)23-8-10-24(11-9-23)19-16-5-1-2-6-17(16)21-14-22-19/h1-7,13-14H,8-12H2. The number of para-hydroxylation sites is 1. The first kappa shape index (κ1) is 15.5. The van der Waals surface area contributed by atoms with Crippen molar-refractivity contribution in [1.82, 2.24) is 19.9 Å². The first-order chi connectivity index (χ1) is 12.3. The highest BCUT2D eigenvalue weighted by molar-refractivity contribution is 5.89. The van der Waals surface area contributed by atoms with Crippen molar-refractivity contribution in [2.75, 3.05) is 31.1 Å². The van der Waals surface area contributed by atoms with Crippen molar-refractivity contribution in [1.29, 1.82) is 0 Å². The number of carbonyl (C=O) groups is 1. The molecule has 4 rings (SSSR count). The minimum Gasteiger partial charge on any atom is -0.352 e. The third kappa shape index (κ3) is 3.28. The topological polar surface area (TPSA) is 62.2 Å². The molecule has 0 saturated carbocycles. The van der Waals surface area contributed by atoms with Gasteiger partial charge in [-0.25, -0.2) is 9.97 Å². The largest absolute Gasteiger partial charge is 0.352 e. The van der Waals surface area contributed by atoms with E-state index in [4.69, 9.17) is 0 Å². The molecule has 3 aromatic rings. The lowest BCUT2D eigenvalue weighted by Gasteiger charge is -2.35. The number of benzene rings is 1. The lowest BCUT2D eigenvalue weighted by molar-refractivity contribution is -0.130. The molecule has 0 unspecified atom stereocenters. The summed E-state index contributed by atoms with van der Waals surface area (Å²) in [5, 5.41) is 1.06. The molecule has 25 heavy (non-hydrogen) atoms. The summed E-state index contributed by atoms with van der Waals surface area (Å²) in [6, 6.07) is 11.8. The minimum absolute atomic E-state index is 0.153. The Hall–Kier alpha value is -3.02. The van der Waals surface area contributed by atoms with E-state index in [9.17, 15) is 4.79 Å². The van der Waals surface area contributed by atoms with Crippen molar-refractivity contribution < 1.29 is 4.79 Å². The molecule has 0 radical (unpaired) electrons. The molecule has 0 aliphatic carbocycles. The van der Waals surface area contributed by atoms with Gasteiger partial charge in [0.1, 0.15) is 12.1 Å². The molecule has 1 aliphatic rings. The van der Waals surface area contributed by atoms with Gasteiger partial charge in [0.15, 0.2) is 0 Å². The Morgan fingerprint density at radius 2 is 1.84 bits per heavy atom. The highest BCUT2D eigenvalue weighted by atomic mass is 16.2. The van der Waals surface area contributed by atoms with E-state index in [0.717, 1.165) is 35.4 Å². The molecule has 126 valence electrons. The number of piperazine rings is 1. The summed E-state index contributed by atoms with van der Waals surface area (Å²) in [5.74, 6) is 1.10. The maximum atomic E-state index is 12.5. The molecule has 2 aromatic heterocycles. The fraction of sp³-hybridized carbons (Fsp3) is 0.263. The summed E-state index contributed by atoms with van der Waals surface area (Å²) in [4.78, 5) is 29.5. The van der Waals surface area contributed by atoms with Crippen molar-refractivity contribution in [3.63, 3.8) is 0 Å². The van der Waals surface area contributed by atoms with Crippen molar-refractivity contribution in [3.8, 4) is 0 Å². The number of hydrogen-bond acceptors (Lipinski definition) is 5. The number of nitrogens with zero attached hydrogens (tertiary/aromatic N) is 5. The van der Waals surface area contributed by atoms with Gasteiger partial charge in [0.25, 0.3) is 0 Å². The van der Waals surface area contributed by atoms with Crippen LogP contribution in [0.5, 0.6) is 0 Å². The molecule has 0 N–H and O–H groups in total. The zero-order chi connectivity index (χ0) is 17.1. The fourth-order valence-electron chi connectivity index (χ4n) is 3.20. The highest BCUT2D eigenvalue weighted by Crippen LogP contribution is 2.23. The van der Waals surface area contributed by atoms with E-state index in [0.29, 0.717) is 19.5 Å². The van der Waals surface area contributed by atoms with Crippen LogP contribution in [0, 0.1) is 0 Å². The summed E-state index contributed by atoms with van der Waals surface area (Å²) >= 11 is 0. The molecule has 1 aromatic carbocycles. The predicted molar refractivity (Wildman–Crippen MR) is 96.3 cm³/mol. The van der Waals surface area contributed by atoms with Crippen LogP contribution in [0.2, 0.25) is 0 Å². The van der Waals surface area contributed by atoms with Crippen LogP contribution in [-0.2, 0) is 11.2 Å². The second kappa shape index (κ2) is 6.84. The van der Waals surface area contributed by atoms with Crippen LogP contribution < -0.4 is 4.90 Å². The van der Waals surface area contributed by atoms with E-state index in [1.165, 1.54) is 0 Å². The summed E-state index contributed by atoms with van der Waals surface area (Å²) in [6.45, 7) is 2.97. The third-order valence-electron chi connectivity index (χ3n) is 4.53. The third-order valence-corrected chi connectivity index (χ3v) is 4.53. The smallest absolute Gasteiger partial charge is 0.227 e. The Morgan fingerprint density at radius 3 is 2.64 bits per heavy atom. The first-order valence-corrected chi connectivity index (χ1v) is 8.42. The van der Waals surface area contributed by atoms with Gasteiger partial charge >= 0.3 is 0 Å². The van der Waals surface area contributed by atoms with Crippen LogP contribution in [0.15, 0.2) is 55.1 Å². The molecule has 1 aliphatic heterocycles. The summed E-state index contributed by atoms with van der Waals surface area (Å²) in [5.41, 5.74) is 1.90. The molecule has 6 heteroatoms. The second-order valence-corrected chi connectivity index (χ2v) is 6.12. The highest BCUT2D eigenvalue weighted by Gasteiger charge is 2.23. The van der Waals surface area contributed by atoms with Crippen LogP contribution in [0.25, 0.3) is 10.9 Å². The number of hydrogen-bond donors (Lipinski definition) is 0. The first-order valence-electron chi connectivity index (χ1n) is 8.42. The van der Waals surface area contributed by atoms with E-state index in [1.54, 1.807) is 18.7 Å². The van der Waals surface area contributed by atoms with E-state index >= 15 is 0 Å². The van der Waals surface area contributed by atoms with Crippen molar-refractivity contribution in [2.45, 2.75) is 6.42 Å². The summed E-state index contributed by atoms with van der Waals surface area (Å²) in [6.07, 6.45) is 5.49. The van der Waals surface area contributed by atoms with Gasteiger partial charge in [-0.3, -0.25) is 9.78 Å². The molecule has 0 bridgehead atoms. The van der Waals surface area contributed by atoms with Crippen LogP contribution in [0.3, 0.4) is 0 Å². The molecular weight excluding hydrogens is 314 g/mol. The zero-order valence-corrected chi connectivity index (χ0v) is 13.9.